The topological polar surface area (TPSA) is 52.6 Å². The second kappa shape index (κ2) is 7.05. The van der Waals surface area contributed by atoms with Crippen LogP contribution in [-0.4, -0.2) is 42.2 Å². The fourth-order valence-corrected chi connectivity index (χ4v) is 3.10. The van der Waals surface area contributed by atoms with E-state index in [-0.39, 0.29) is 24.0 Å². The van der Waals surface area contributed by atoms with Crippen molar-refractivity contribution in [3.8, 4) is 0 Å². The summed E-state index contributed by atoms with van der Waals surface area (Å²) in [5, 5.41) is 12.6. The Morgan fingerprint density at radius 1 is 1.43 bits per heavy atom. The molecule has 0 aliphatic heterocycles. The van der Waals surface area contributed by atoms with Crippen LogP contribution in [0.15, 0.2) is 30.3 Å². The molecule has 0 spiro atoms. The Balaban J connectivity index is 1.81. The highest BCUT2D eigenvalue weighted by Crippen LogP contribution is 2.37. The molecule has 1 aliphatic rings. The third-order valence-corrected chi connectivity index (χ3v) is 4.49. The summed E-state index contributed by atoms with van der Waals surface area (Å²) in [6.45, 7) is 3.33. The van der Waals surface area contributed by atoms with E-state index in [0.29, 0.717) is 6.54 Å². The fraction of sp³-hybridized carbons (Fsp3) is 0.588. The van der Waals surface area contributed by atoms with Crippen LogP contribution in [0.2, 0.25) is 0 Å². The van der Waals surface area contributed by atoms with Gasteiger partial charge in [-0.2, -0.15) is 0 Å². The van der Waals surface area contributed by atoms with Crippen molar-refractivity contribution in [3.05, 3.63) is 35.9 Å². The molecule has 1 fully saturated rings. The monoisotopic (exact) mass is 290 g/mol. The summed E-state index contributed by atoms with van der Waals surface area (Å²) in [6, 6.07) is 10.2. The van der Waals surface area contributed by atoms with Gasteiger partial charge in [-0.15, -0.1) is 0 Å². The Hall–Kier alpha value is -1.39. The number of aliphatic hydroxyl groups excluding tert-OH is 1. The first-order valence-corrected chi connectivity index (χ1v) is 7.66. The van der Waals surface area contributed by atoms with Crippen molar-refractivity contribution in [2.24, 2.45) is 5.41 Å². The fourth-order valence-electron chi connectivity index (χ4n) is 3.10. The number of carbonyl (C=O) groups is 1. The Morgan fingerprint density at radius 2 is 2.14 bits per heavy atom. The van der Waals surface area contributed by atoms with E-state index in [1.54, 1.807) is 0 Å². The normalized spacial score (nSPS) is 25.2. The first-order valence-electron chi connectivity index (χ1n) is 7.66. The van der Waals surface area contributed by atoms with Gasteiger partial charge in [-0.05, 0) is 25.5 Å². The van der Waals surface area contributed by atoms with Crippen molar-refractivity contribution >= 4 is 5.91 Å². The van der Waals surface area contributed by atoms with Gasteiger partial charge in [-0.25, -0.2) is 0 Å². The maximum atomic E-state index is 12.2. The molecule has 2 rings (SSSR count). The van der Waals surface area contributed by atoms with E-state index >= 15 is 0 Å². The van der Waals surface area contributed by atoms with Crippen molar-refractivity contribution in [2.45, 2.75) is 38.8 Å². The molecule has 1 saturated carbocycles. The highest BCUT2D eigenvalue weighted by Gasteiger charge is 2.39. The molecule has 4 nitrogen and oxygen atoms in total. The molecule has 2 atom stereocenters. The summed E-state index contributed by atoms with van der Waals surface area (Å²) in [4.78, 5) is 14.2. The summed E-state index contributed by atoms with van der Waals surface area (Å²) in [5.41, 5.74) is 1.04. The first kappa shape index (κ1) is 16.0. The minimum absolute atomic E-state index is 0.0417. The summed E-state index contributed by atoms with van der Waals surface area (Å²) in [7, 11) is 1.95. The highest BCUT2D eigenvalue weighted by molar-refractivity contribution is 5.78. The number of rotatable bonds is 6. The van der Waals surface area contributed by atoms with Crippen molar-refractivity contribution in [2.75, 3.05) is 20.2 Å². The predicted molar refractivity (Wildman–Crippen MR) is 83.8 cm³/mol. The Morgan fingerprint density at radius 3 is 2.81 bits per heavy atom. The minimum atomic E-state index is -0.159. The van der Waals surface area contributed by atoms with Gasteiger partial charge < -0.3 is 10.4 Å². The van der Waals surface area contributed by atoms with Crippen LogP contribution in [0.5, 0.6) is 0 Å². The molecule has 1 aromatic carbocycles. The number of likely N-dealkylation sites (N-methyl/N-ethyl adjacent to an activating group) is 1. The summed E-state index contributed by atoms with van der Waals surface area (Å²) in [6.07, 6.45) is 3.02. The molecule has 1 aromatic rings. The zero-order chi connectivity index (χ0) is 15.3. The van der Waals surface area contributed by atoms with E-state index in [1.807, 2.05) is 30.1 Å². The summed E-state index contributed by atoms with van der Waals surface area (Å²) < 4.78 is 0. The average Bonchev–Trinajstić information content (AvgIpc) is 2.81. The van der Waals surface area contributed by atoms with Crippen LogP contribution in [0, 0.1) is 5.41 Å². The number of nitrogens with zero attached hydrogens (tertiary/aromatic N) is 1. The van der Waals surface area contributed by atoms with Crippen molar-refractivity contribution in [1.29, 1.82) is 0 Å². The zero-order valence-electron chi connectivity index (χ0n) is 13.0. The number of benzene rings is 1. The van der Waals surface area contributed by atoms with Gasteiger partial charge in [0.15, 0.2) is 0 Å². The Labute approximate surface area is 127 Å². The number of hydrogen-bond acceptors (Lipinski definition) is 3. The summed E-state index contributed by atoms with van der Waals surface area (Å²) in [5.74, 6) is 0.0417. The molecule has 0 bridgehead atoms. The van der Waals surface area contributed by atoms with Gasteiger partial charge in [-0.3, -0.25) is 9.69 Å². The lowest BCUT2D eigenvalue weighted by Gasteiger charge is -2.30. The maximum absolute atomic E-state index is 12.2. The third-order valence-electron chi connectivity index (χ3n) is 4.49. The van der Waals surface area contributed by atoms with Crippen molar-refractivity contribution in [3.63, 3.8) is 0 Å². The number of nitrogens with one attached hydrogen (secondary N) is 1. The quantitative estimate of drug-likeness (QED) is 0.840. The standard InChI is InChI=1S/C17H26N2O2/c1-17(13-20)10-6-9-15(17)18-16(21)12-19(2)11-14-7-4-3-5-8-14/h3-5,7-8,15,20H,6,9-13H2,1-2H3,(H,18,21). The number of carbonyl (C=O) groups excluding carboxylic acids is 1. The van der Waals surface area contributed by atoms with Crippen molar-refractivity contribution < 1.29 is 9.90 Å². The second-order valence-electron chi connectivity index (χ2n) is 6.48. The summed E-state index contributed by atoms with van der Waals surface area (Å²) >= 11 is 0. The van der Waals surface area contributed by atoms with Crippen LogP contribution in [0.3, 0.4) is 0 Å². The van der Waals surface area contributed by atoms with E-state index in [9.17, 15) is 9.90 Å². The first-order chi connectivity index (χ1) is 10.0. The van der Waals surface area contributed by atoms with Crippen LogP contribution in [0.4, 0.5) is 0 Å². The van der Waals surface area contributed by atoms with Crippen LogP contribution in [0.25, 0.3) is 0 Å². The van der Waals surface area contributed by atoms with E-state index in [1.165, 1.54) is 5.56 Å². The van der Waals surface area contributed by atoms with Crippen LogP contribution in [-0.2, 0) is 11.3 Å². The van der Waals surface area contributed by atoms with Gasteiger partial charge >= 0.3 is 0 Å². The molecular formula is C17H26N2O2. The van der Waals surface area contributed by atoms with Gasteiger partial charge in [0.1, 0.15) is 0 Å². The Kier molecular flexibility index (Phi) is 5.37. The molecule has 0 aromatic heterocycles. The van der Waals surface area contributed by atoms with E-state index in [0.717, 1.165) is 25.8 Å². The molecule has 2 unspecified atom stereocenters. The largest absolute Gasteiger partial charge is 0.396 e. The van der Waals surface area contributed by atoms with Gasteiger partial charge in [0.2, 0.25) is 5.91 Å². The van der Waals surface area contributed by atoms with Gasteiger partial charge in [0.05, 0.1) is 13.2 Å². The molecule has 1 aliphatic carbocycles. The van der Waals surface area contributed by atoms with Gasteiger partial charge in [-0.1, -0.05) is 43.7 Å². The predicted octanol–water partition coefficient (Wildman–Crippen LogP) is 1.79. The SMILES string of the molecule is CN(CC(=O)NC1CCCC1(C)CO)Cc1ccccc1. The van der Waals surface area contributed by atoms with Gasteiger partial charge in [0.25, 0.3) is 0 Å². The Bertz CT molecular complexity index is 463. The molecule has 0 radical (unpaired) electrons. The number of hydrogen-bond donors (Lipinski definition) is 2. The highest BCUT2D eigenvalue weighted by atomic mass is 16.3. The lowest BCUT2D eigenvalue weighted by molar-refractivity contribution is -0.123. The lowest BCUT2D eigenvalue weighted by atomic mass is 9.86. The molecular weight excluding hydrogens is 264 g/mol. The smallest absolute Gasteiger partial charge is 0.234 e. The number of aliphatic hydroxyl groups is 1. The van der Waals surface area contributed by atoms with E-state index in [4.69, 9.17) is 0 Å². The molecule has 0 saturated heterocycles. The van der Waals surface area contributed by atoms with E-state index in [2.05, 4.69) is 24.4 Å². The maximum Gasteiger partial charge on any atom is 0.234 e. The zero-order valence-corrected chi connectivity index (χ0v) is 13.0. The lowest BCUT2D eigenvalue weighted by Crippen LogP contribution is -2.47. The van der Waals surface area contributed by atoms with Crippen molar-refractivity contribution in [1.82, 2.24) is 10.2 Å². The second-order valence-corrected chi connectivity index (χ2v) is 6.48. The average molecular weight is 290 g/mol. The van der Waals surface area contributed by atoms with Crippen LogP contribution >= 0.6 is 0 Å². The van der Waals surface area contributed by atoms with Gasteiger partial charge in [0, 0.05) is 18.0 Å². The molecule has 0 heterocycles. The number of amides is 1. The molecule has 116 valence electrons. The molecule has 21 heavy (non-hydrogen) atoms. The third kappa shape index (κ3) is 4.29. The molecule has 2 N–H and O–H groups in total. The van der Waals surface area contributed by atoms with Crippen LogP contribution in [0.1, 0.15) is 31.7 Å². The molecule has 4 heteroatoms. The molecule has 1 amide bonds. The van der Waals surface area contributed by atoms with E-state index < -0.39 is 0 Å². The minimum Gasteiger partial charge on any atom is -0.396 e. The van der Waals surface area contributed by atoms with Crippen LogP contribution < -0.4 is 5.32 Å².